The topological polar surface area (TPSA) is 21.3 Å². The van der Waals surface area contributed by atoms with Crippen LogP contribution >= 0.6 is 11.6 Å². The molecule has 3 rings (SSSR count). The van der Waals surface area contributed by atoms with Gasteiger partial charge in [-0.3, -0.25) is 0 Å². The van der Waals surface area contributed by atoms with Crippen molar-refractivity contribution < 1.29 is 4.74 Å². The van der Waals surface area contributed by atoms with Gasteiger partial charge in [0, 0.05) is 23.6 Å². The largest absolute Gasteiger partial charge is 0.492 e. The monoisotopic (exact) mass is 249 g/mol. The Hall–Kier alpha value is -0.990. The number of hydrogen-bond donors (Lipinski definition) is 1. The van der Waals surface area contributed by atoms with Gasteiger partial charge in [0.15, 0.2) is 0 Å². The lowest BCUT2D eigenvalue weighted by molar-refractivity contribution is 0.356. The summed E-state index contributed by atoms with van der Waals surface area (Å²) in [6, 6.07) is 4.03. The molecule has 0 saturated carbocycles. The van der Waals surface area contributed by atoms with Gasteiger partial charge in [0.1, 0.15) is 5.75 Å². The Bertz CT molecular complexity index is 460. The molecule has 0 amide bonds. The molecule has 0 aliphatic carbocycles. The van der Waals surface area contributed by atoms with Crippen LogP contribution in [0.4, 0.5) is 0 Å². The van der Waals surface area contributed by atoms with E-state index in [1.165, 1.54) is 24.0 Å². The molecule has 0 spiro atoms. The average molecular weight is 250 g/mol. The van der Waals surface area contributed by atoms with Crippen molar-refractivity contribution in [1.82, 2.24) is 5.32 Å². The van der Waals surface area contributed by atoms with Crippen LogP contribution in [-0.4, -0.2) is 19.7 Å². The SMILES string of the molecule is Clc1cc(/C=C2/CCCNC2)c2c(c1)CCO2. The maximum absolute atomic E-state index is 6.15. The summed E-state index contributed by atoms with van der Waals surface area (Å²) in [5.41, 5.74) is 3.83. The molecule has 2 nitrogen and oxygen atoms in total. The Morgan fingerprint density at radius 1 is 1.29 bits per heavy atom. The summed E-state index contributed by atoms with van der Waals surface area (Å²) >= 11 is 6.15. The maximum Gasteiger partial charge on any atom is 0.129 e. The second-order valence-electron chi connectivity index (χ2n) is 4.66. The Labute approximate surface area is 107 Å². The normalized spacial score (nSPS) is 21.4. The van der Waals surface area contributed by atoms with Crippen molar-refractivity contribution in [2.75, 3.05) is 19.7 Å². The lowest BCUT2D eigenvalue weighted by atomic mass is 10.0. The summed E-state index contributed by atoms with van der Waals surface area (Å²) in [4.78, 5) is 0. The molecule has 0 radical (unpaired) electrons. The highest BCUT2D eigenvalue weighted by Gasteiger charge is 2.17. The lowest BCUT2D eigenvalue weighted by Crippen LogP contribution is -2.23. The first kappa shape index (κ1) is 11.1. The number of benzene rings is 1. The second kappa shape index (κ2) is 4.71. The molecule has 0 aromatic heterocycles. The third-order valence-corrected chi connectivity index (χ3v) is 3.56. The van der Waals surface area contributed by atoms with Crippen LogP contribution in [0, 0.1) is 0 Å². The van der Waals surface area contributed by atoms with E-state index in [1.807, 2.05) is 12.1 Å². The van der Waals surface area contributed by atoms with Crippen LogP contribution in [-0.2, 0) is 6.42 Å². The summed E-state index contributed by atoms with van der Waals surface area (Å²) in [7, 11) is 0. The highest BCUT2D eigenvalue weighted by atomic mass is 35.5. The molecular weight excluding hydrogens is 234 g/mol. The van der Waals surface area contributed by atoms with Crippen LogP contribution in [0.2, 0.25) is 5.02 Å². The quantitative estimate of drug-likeness (QED) is 0.826. The summed E-state index contributed by atoms with van der Waals surface area (Å²) < 4.78 is 5.70. The molecular formula is C14H16ClNO. The van der Waals surface area contributed by atoms with Crippen molar-refractivity contribution in [3.05, 3.63) is 33.9 Å². The zero-order valence-corrected chi connectivity index (χ0v) is 10.5. The van der Waals surface area contributed by atoms with Gasteiger partial charge >= 0.3 is 0 Å². The van der Waals surface area contributed by atoms with Crippen molar-refractivity contribution >= 4 is 17.7 Å². The van der Waals surface area contributed by atoms with E-state index in [9.17, 15) is 0 Å². The molecule has 2 aliphatic rings. The summed E-state index contributed by atoms with van der Waals surface area (Å²) in [5.74, 6) is 1.03. The van der Waals surface area contributed by atoms with Gasteiger partial charge in [0.2, 0.25) is 0 Å². The van der Waals surface area contributed by atoms with E-state index in [0.29, 0.717) is 0 Å². The van der Waals surface area contributed by atoms with Crippen LogP contribution in [0.15, 0.2) is 17.7 Å². The van der Waals surface area contributed by atoms with Gasteiger partial charge in [-0.1, -0.05) is 23.3 Å². The smallest absolute Gasteiger partial charge is 0.129 e. The van der Waals surface area contributed by atoms with E-state index >= 15 is 0 Å². The molecule has 0 atom stereocenters. The van der Waals surface area contributed by atoms with Gasteiger partial charge in [-0.25, -0.2) is 0 Å². The minimum atomic E-state index is 0.782. The minimum Gasteiger partial charge on any atom is -0.492 e. The first-order chi connectivity index (χ1) is 8.33. The Morgan fingerprint density at radius 3 is 3.06 bits per heavy atom. The Morgan fingerprint density at radius 2 is 2.24 bits per heavy atom. The molecule has 1 saturated heterocycles. The van der Waals surface area contributed by atoms with Crippen molar-refractivity contribution in [3.63, 3.8) is 0 Å². The molecule has 2 aliphatic heterocycles. The molecule has 1 aromatic rings. The number of halogens is 1. The number of fused-ring (bicyclic) bond motifs is 1. The predicted octanol–water partition coefficient (Wildman–Crippen LogP) is 3.04. The maximum atomic E-state index is 6.15. The van der Waals surface area contributed by atoms with E-state index in [1.54, 1.807) is 0 Å². The van der Waals surface area contributed by atoms with Gasteiger partial charge in [0.25, 0.3) is 0 Å². The molecule has 90 valence electrons. The van der Waals surface area contributed by atoms with Crippen molar-refractivity contribution in [2.45, 2.75) is 19.3 Å². The van der Waals surface area contributed by atoms with Gasteiger partial charge in [-0.05, 0) is 37.1 Å². The van der Waals surface area contributed by atoms with Crippen LogP contribution < -0.4 is 10.1 Å². The number of nitrogens with one attached hydrogen (secondary N) is 1. The fraction of sp³-hybridized carbons (Fsp3) is 0.429. The van der Waals surface area contributed by atoms with Crippen LogP contribution in [0.1, 0.15) is 24.0 Å². The van der Waals surface area contributed by atoms with Crippen molar-refractivity contribution in [2.24, 2.45) is 0 Å². The average Bonchev–Trinajstić information content (AvgIpc) is 2.78. The molecule has 0 unspecified atom stereocenters. The molecule has 1 N–H and O–H groups in total. The number of piperidine rings is 1. The van der Waals surface area contributed by atoms with E-state index in [4.69, 9.17) is 16.3 Å². The first-order valence-corrected chi connectivity index (χ1v) is 6.56. The van der Waals surface area contributed by atoms with E-state index in [2.05, 4.69) is 11.4 Å². The van der Waals surface area contributed by atoms with Crippen LogP contribution in [0.3, 0.4) is 0 Å². The number of ether oxygens (including phenoxy) is 1. The summed E-state index contributed by atoms with van der Waals surface area (Å²) in [6.07, 6.45) is 5.61. The second-order valence-corrected chi connectivity index (χ2v) is 5.10. The van der Waals surface area contributed by atoms with Gasteiger partial charge in [-0.15, -0.1) is 0 Å². The molecule has 1 aromatic carbocycles. The van der Waals surface area contributed by atoms with E-state index in [-0.39, 0.29) is 0 Å². The first-order valence-electron chi connectivity index (χ1n) is 6.18. The third kappa shape index (κ3) is 2.33. The highest BCUT2D eigenvalue weighted by Crippen LogP contribution is 2.34. The highest BCUT2D eigenvalue weighted by molar-refractivity contribution is 6.30. The van der Waals surface area contributed by atoms with Crippen LogP contribution in [0.25, 0.3) is 6.08 Å². The van der Waals surface area contributed by atoms with Gasteiger partial charge in [0.05, 0.1) is 6.61 Å². The molecule has 0 bridgehead atoms. The molecule has 17 heavy (non-hydrogen) atoms. The number of hydrogen-bond acceptors (Lipinski definition) is 2. The standard InChI is InChI=1S/C14H16ClNO/c15-13-7-11-3-5-17-14(11)12(8-13)6-10-2-1-4-16-9-10/h6-8,16H,1-5,9H2/b10-6-. The predicted molar refractivity (Wildman–Crippen MR) is 70.7 cm³/mol. The van der Waals surface area contributed by atoms with E-state index < -0.39 is 0 Å². The molecule has 3 heteroatoms. The van der Waals surface area contributed by atoms with Crippen molar-refractivity contribution in [3.8, 4) is 5.75 Å². The summed E-state index contributed by atoms with van der Waals surface area (Å²) in [6.45, 7) is 2.90. The minimum absolute atomic E-state index is 0.782. The Kier molecular flexibility index (Phi) is 3.08. The fourth-order valence-electron chi connectivity index (χ4n) is 2.53. The number of rotatable bonds is 1. The molecule has 1 fully saturated rings. The van der Waals surface area contributed by atoms with Crippen LogP contribution in [0.5, 0.6) is 5.75 Å². The van der Waals surface area contributed by atoms with Gasteiger partial charge in [-0.2, -0.15) is 0 Å². The van der Waals surface area contributed by atoms with Gasteiger partial charge < -0.3 is 10.1 Å². The summed E-state index contributed by atoms with van der Waals surface area (Å²) in [5, 5.41) is 4.21. The van der Waals surface area contributed by atoms with E-state index in [0.717, 1.165) is 42.5 Å². The zero-order chi connectivity index (χ0) is 11.7. The fourth-order valence-corrected chi connectivity index (χ4v) is 2.78. The zero-order valence-electron chi connectivity index (χ0n) is 9.76. The Balaban J connectivity index is 1.97. The third-order valence-electron chi connectivity index (χ3n) is 3.34. The lowest BCUT2D eigenvalue weighted by Gasteiger charge is -2.16. The van der Waals surface area contributed by atoms with Crippen molar-refractivity contribution in [1.29, 1.82) is 0 Å². The molecule has 2 heterocycles.